The van der Waals surface area contributed by atoms with Crippen LogP contribution in [0.4, 0.5) is 9.59 Å². The molecule has 12 nitrogen and oxygen atoms in total. The number of carbonyl (C=O) groups excluding carboxylic acids is 2. The average Bonchev–Trinajstić information content (AvgIpc) is 2.96. The molecule has 3 fully saturated rings. The molecule has 0 spiro atoms. The molecule has 12 heteroatoms. The molecule has 4 amide bonds. The Morgan fingerprint density at radius 2 is 1.00 bits per heavy atom. The first kappa shape index (κ1) is 31.9. The minimum Gasteiger partial charge on any atom is -0.370 e. The van der Waals surface area contributed by atoms with Gasteiger partial charge in [-0.3, -0.25) is 20.6 Å². The Balaban J connectivity index is 1.28. The van der Waals surface area contributed by atoms with E-state index in [-0.39, 0.29) is 24.0 Å². The van der Waals surface area contributed by atoms with Crippen molar-refractivity contribution < 1.29 is 9.59 Å². The molecule has 1 saturated heterocycles. The predicted molar refractivity (Wildman–Crippen MR) is 159 cm³/mol. The molecule has 2 aliphatic carbocycles. The van der Waals surface area contributed by atoms with Gasteiger partial charge in [0.25, 0.3) is 0 Å². The molecular weight excluding hydrogens is 508 g/mol. The smallest absolute Gasteiger partial charge is 0.324 e. The predicted octanol–water partition coefficient (Wildman–Crippen LogP) is 2.35. The van der Waals surface area contributed by atoms with Crippen LogP contribution in [0.1, 0.15) is 77.0 Å². The molecule has 3 rings (SSSR count). The summed E-state index contributed by atoms with van der Waals surface area (Å²) in [6, 6.07) is -0.518. The van der Waals surface area contributed by atoms with Gasteiger partial charge < -0.3 is 31.9 Å². The summed E-state index contributed by atoms with van der Waals surface area (Å²) in [5.74, 6) is 0.676. The molecule has 0 unspecified atom stereocenters. The molecule has 0 atom stereocenters. The van der Waals surface area contributed by atoms with Gasteiger partial charge in [0.2, 0.25) is 0 Å². The summed E-state index contributed by atoms with van der Waals surface area (Å²) in [6.07, 6.45) is 13.7. The lowest BCUT2D eigenvalue weighted by Gasteiger charge is -2.35. The fourth-order valence-corrected chi connectivity index (χ4v) is 6.24. The number of amides is 4. The Labute approximate surface area is 240 Å². The standard InChI is InChI=1S/C28H54N10O2/c29-25(30)37(27(39)33-21-23-9-3-1-4-10-23)15-7-13-35-17-19-36(20-18-35)14-8-16-38(26(31)32)28(40)34-22-24-11-5-2-6-12-24/h23-24H,1-22H2,(H3,29,30)(H3,31,32)(H,33,39)(H,34,40). The number of nitrogens with two attached hydrogens (primary N) is 2. The first-order chi connectivity index (χ1) is 19.3. The summed E-state index contributed by atoms with van der Waals surface area (Å²) in [4.78, 5) is 32.7. The largest absolute Gasteiger partial charge is 0.370 e. The lowest BCUT2D eigenvalue weighted by molar-refractivity contribution is 0.127. The van der Waals surface area contributed by atoms with Gasteiger partial charge in [-0.2, -0.15) is 0 Å². The summed E-state index contributed by atoms with van der Waals surface area (Å²) in [5, 5.41) is 21.7. The van der Waals surface area contributed by atoms with Gasteiger partial charge in [-0.1, -0.05) is 38.5 Å². The van der Waals surface area contributed by atoms with Gasteiger partial charge in [0.05, 0.1) is 0 Å². The average molecular weight is 563 g/mol. The molecule has 0 bridgehead atoms. The maximum Gasteiger partial charge on any atom is 0.324 e. The van der Waals surface area contributed by atoms with Gasteiger partial charge in [-0.15, -0.1) is 0 Å². The first-order valence-corrected chi connectivity index (χ1v) is 15.6. The highest BCUT2D eigenvalue weighted by atomic mass is 16.2. The van der Waals surface area contributed by atoms with E-state index in [9.17, 15) is 9.59 Å². The van der Waals surface area contributed by atoms with E-state index in [1.165, 1.54) is 48.3 Å². The third kappa shape index (κ3) is 11.1. The van der Waals surface area contributed by atoms with Crippen LogP contribution in [0.15, 0.2) is 0 Å². The fourth-order valence-electron chi connectivity index (χ4n) is 6.24. The first-order valence-electron chi connectivity index (χ1n) is 15.6. The van der Waals surface area contributed by atoms with E-state index in [0.29, 0.717) is 38.0 Å². The van der Waals surface area contributed by atoms with Crippen molar-refractivity contribution in [1.82, 2.24) is 30.2 Å². The van der Waals surface area contributed by atoms with Crippen LogP contribution in [-0.4, -0.2) is 109 Å². The van der Waals surface area contributed by atoms with E-state index in [0.717, 1.165) is 77.8 Å². The van der Waals surface area contributed by atoms with Crippen molar-refractivity contribution >= 4 is 24.0 Å². The molecule has 1 aliphatic heterocycles. The van der Waals surface area contributed by atoms with Crippen LogP contribution in [0.5, 0.6) is 0 Å². The highest BCUT2D eigenvalue weighted by Crippen LogP contribution is 2.23. The number of carbonyl (C=O) groups is 2. The SMILES string of the molecule is N=C(N)N(CCCN1CCN(CCCN(C(=N)N)C(=O)NCC2CCCCC2)CC1)C(=O)NCC1CCCCC1. The Hall–Kier alpha value is -2.60. The van der Waals surface area contributed by atoms with Crippen molar-refractivity contribution in [3.05, 3.63) is 0 Å². The Kier molecular flexibility index (Phi) is 13.8. The molecule has 0 aromatic carbocycles. The molecular formula is C28H54N10O2. The Morgan fingerprint density at radius 1 is 0.650 bits per heavy atom. The van der Waals surface area contributed by atoms with Crippen LogP contribution in [0.2, 0.25) is 0 Å². The third-order valence-electron chi connectivity index (χ3n) is 8.78. The van der Waals surface area contributed by atoms with E-state index >= 15 is 0 Å². The van der Waals surface area contributed by atoms with Crippen molar-refractivity contribution in [2.24, 2.45) is 23.3 Å². The number of nitrogens with zero attached hydrogens (tertiary/aromatic N) is 4. The second-order valence-corrected chi connectivity index (χ2v) is 11.8. The topological polar surface area (TPSA) is 171 Å². The number of guanidine groups is 2. The minimum atomic E-state index is -0.259. The van der Waals surface area contributed by atoms with Crippen molar-refractivity contribution in [1.29, 1.82) is 10.8 Å². The molecule has 40 heavy (non-hydrogen) atoms. The number of rotatable bonds is 12. The number of hydrogen-bond donors (Lipinski definition) is 6. The van der Waals surface area contributed by atoms with Crippen LogP contribution in [0, 0.1) is 22.7 Å². The van der Waals surface area contributed by atoms with Crippen LogP contribution in [0.3, 0.4) is 0 Å². The molecule has 0 radical (unpaired) electrons. The monoisotopic (exact) mass is 562 g/mol. The maximum atomic E-state index is 12.6. The van der Waals surface area contributed by atoms with Crippen molar-refractivity contribution in [2.75, 3.05) is 65.4 Å². The summed E-state index contributed by atoms with van der Waals surface area (Å²) < 4.78 is 0. The van der Waals surface area contributed by atoms with E-state index < -0.39 is 0 Å². The van der Waals surface area contributed by atoms with Gasteiger partial charge in [0.15, 0.2) is 11.9 Å². The summed E-state index contributed by atoms with van der Waals surface area (Å²) in [7, 11) is 0. The van der Waals surface area contributed by atoms with Crippen LogP contribution in [-0.2, 0) is 0 Å². The second kappa shape index (κ2) is 17.3. The van der Waals surface area contributed by atoms with Crippen molar-refractivity contribution in [3.8, 4) is 0 Å². The second-order valence-electron chi connectivity index (χ2n) is 11.8. The summed E-state index contributed by atoms with van der Waals surface area (Å²) in [5.41, 5.74) is 11.4. The lowest BCUT2D eigenvalue weighted by Crippen LogP contribution is -2.51. The third-order valence-corrected chi connectivity index (χ3v) is 8.78. The zero-order valence-electron chi connectivity index (χ0n) is 24.5. The zero-order chi connectivity index (χ0) is 28.7. The van der Waals surface area contributed by atoms with Gasteiger partial charge in [0, 0.05) is 52.4 Å². The Bertz CT molecular complexity index is 739. The molecule has 3 aliphatic rings. The molecule has 2 saturated carbocycles. The minimum absolute atomic E-state index is 0.201. The van der Waals surface area contributed by atoms with Gasteiger partial charge in [-0.05, 0) is 63.5 Å². The number of nitrogens with one attached hydrogen (secondary N) is 4. The number of urea groups is 2. The molecule has 1 heterocycles. The normalized spacial score (nSPS) is 19.6. The number of hydrogen-bond acceptors (Lipinski definition) is 6. The molecule has 8 N–H and O–H groups in total. The number of piperazine rings is 1. The van der Waals surface area contributed by atoms with Crippen LogP contribution in [0.25, 0.3) is 0 Å². The highest BCUT2D eigenvalue weighted by Gasteiger charge is 2.22. The molecule has 0 aromatic rings. The fraction of sp³-hybridized carbons (Fsp3) is 0.857. The van der Waals surface area contributed by atoms with Gasteiger partial charge in [-0.25, -0.2) is 9.59 Å². The van der Waals surface area contributed by atoms with Crippen molar-refractivity contribution in [2.45, 2.75) is 77.0 Å². The van der Waals surface area contributed by atoms with E-state index in [1.54, 1.807) is 0 Å². The Morgan fingerprint density at radius 3 is 1.32 bits per heavy atom. The van der Waals surface area contributed by atoms with E-state index in [1.807, 2.05) is 0 Å². The quantitative estimate of drug-likeness (QED) is 0.157. The summed E-state index contributed by atoms with van der Waals surface area (Å²) in [6.45, 7) is 7.67. The van der Waals surface area contributed by atoms with Crippen LogP contribution >= 0.6 is 0 Å². The van der Waals surface area contributed by atoms with Gasteiger partial charge in [0.1, 0.15) is 0 Å². The summed E-state index contributed by atoms with van der Waals surface area (Å²) >= 11 is 0. The zero-order valence-corrected chi connectivity index (χ0v) is 24.5. The highest BCUT2D eigenvalue weighted by molar-refractivity contribution is 5.94. The lowest BCUT2D eigenvalue weighted by atomic mass is 9.89. The molecule has 228 valence electrons. The van der Waals surface area contributed by atoms with E-state index in [4.69, 9.17) is 22.3 Å². The van der Waals surface area contributed by atoms with Gasteiger partial charge >= 0.3 is 12.1 Å². The van der Waals surface area contributed by atoms with E-state index in [2.05, 4.69) is 20.4 Å². The van der Waals surface area contributed by atoms with Crippen molar-refractivity contribution in [3.63, 3.8) is 0 Å². The molecule has 0 aromatic heterocycles. The van der Waals surface area contributed by atoms with Crippen LogP contribution < -0.4 is 22.1 Å². The maximum absolute atomic E-state index is 12.6.